The smallest absolute Gasteiger partial charge is 0.372 e. The Morgan fingerprint density at radius 1 is 1.04 bits per heavy atom. The van der Waals surface area contributed by atoms with Crippen LogP contribution in [0, 0.1) is 0 Å². The molecular formula is C16H18F6N2O2. The summed E-state index contributed by atoms with van der Waals surface area (Å²) in [4.78, 5) is 15.2. The normalized spacial score (nSPS) is 16.1. The fourth-order valence-corrected chi connectivity index (χ4v) is 2.60. The van der Waals surface area contributed by atoms with Crippen LogP contribution in [-0.4, -0.2) is 56.4 Å². The molecule has 1 saturated heterocycles. The summed E-state index contributed by atoms with van der Waals surface area (Å²) in [6, 6.07) is 4.94. The van der Waals surface area contributed by atoms with Gasteiger partial charge in [-0.05, 0) is 18.2 Å². The van der Waals surface area contributed by atoms with Crippen molar-refractivity contribution >= 4 is 11.6 Å². The van der Waals surface area contributed by atoms with E-state index in [9.17, 15) is 31.1 Å². The third-order valence-electron chi connectivity index (χ3n) is 3.90. The van der Waals surface area contributed by atoms with Crippen LogP contribution in [0.25, 0.3) is 0 Å². The van der Waals surface area contributed by atoms with Crippen LogP contribution in [-0.2, 0) is 15.7 Å². The zero-order chi connectivity index (χ0) is 19.4. The van der Waals surface area contributed by atoms with Crippen molar-refractivity contribution in [1.82, 2.24) is 4.90 Å². The third kappa shape index (κ3) is 6.08. The molecule has 0 saturated carbocycles. The van der Waals surface area contributed by atoms with Gasteiger partial charge in [0, 0.05) is 31.9 Å². The molecule has 0 unspecified atom stereocenters. The first-order valence-corrected chi connectivity index (χ1v) is 7.91. The van der Waals surface area contributed by atoms with Crippen LogP contribution in [0.15, 0.2) is 24.3 Å². The van der Waals surface area contributed by atoms with Gasteiger partial charge in [0.15, 0.2) is 0 Å². The second-order valence-corrected chi connectivity index (χ2v) is 5.83. The SMILES string of the molecule is O=C(CCOCC(F)(F)F)N1CCN(c2cccc(C(F)(F)F)c2)CC1. The summed E-state index contributed by atoms with van der Waals surface area (Å²) >= 11 is 0. The summed E-state index contributed by atoms with van der Waals surface area (Å²) in [6.45, 7) is -0.467. The van der Waals surface area contributed by atoms with E-state index in [0.29, 0.717) is 18.8 Å². The van der Waals surface area contributed by atoms with E-state index in [-0.39, 0.29) is 32.0 Å². The topological polar surface area (TPSA) is 32.8 Å². The molecule has 146 valence electrons. The maximum Gasteiger partial charge on any atom is 0.416 e. The molecule has 2 rings (SSSR count). The van der Waals surface area contributed by atoms with Crippen molar-refractivity contribution in [3.63, 3.8) is 0 Å². The maximum absolute atomic E-state index is 12.8. The summed E-state index contributed by atoms with van der Waals surface area (Å²) in [7, 11) is 0. The highest BCUT2D eigenvalue weighted by Gasteiger charge is 2.31. The minimum atomic E-state index is -4.43. The van der Waals surface area contributed by atoms with Crippen LogP contribution in [0.4, 0.5) is 32.0 Å². The Hall–Kier alpha value is -1.97. The minimum Gasteiger partial charge on any atom is -0.372 e. The monoisotopic (exact) mass is 384 g/mol. The average molecular weight is 384 g/mol. The fraction of sp³-hybridized carbons (Fsp3) is 0.562. The van der Waals surface area contributed by atoms with Gasteiger partial charge in [-0.2, -0.15) is 26.3 Å². The molecule has 0 aromatic heterocycles. The first kappa shape index (κ1) is 20.3. The van der Waals surface area contributed by atoms with Crippen LogP contribution in [0.3, 0.4) is 0 Å². The number of rotatable bonds is 5. The molecule has 0 bridgehead atoms. The average Bonchev–Trinajstić information content (AvgIpc) is 2.57. The minimum absolute atomic E-state index is 0.167. The number of nitrogens with zero attached hydrogens (tertiary/aromatic N) is 2. The highest BCUT2D eigenvalue weighted by molar-refractivity contribution is 5.76. The largest absolute Gasteiger partial charge is 0.416 e. The lowest BCUT2D eigenvalue weighted by Gasteiger charge is -2.36. The molecule has 1 aromatic rings. The van der Waals surface area contributed by atoms with Crippen molar-refractivity contribution in [2.24, 2.45) is 0 Å². The van der Waals surface area contributed by atoms with Gasteiger partial charge in [0.25, 0.3) is 0 Å². The van der Waals surface area contributed by atoms with Gasteiger partial charge < -0.3 is 14.5 Å². The zero-order valence-corrected chi connectivity index (χ0v) is 13.7. The van der Waals surface area contributed by atoms with E-state index in [2.05, 4.69) is 4.74 Å². The van der Waals surface area contributed by atoms with E-state index in [1.807, 2.05) is 0 Å². The molecule has 0 spiro atoms. The zero-order valence-electron chi connectivity index (χ0n) is 13.7. The highest BCUT2D eigenvalue weighted by Crippen LogP contribution is 2.31. The van der Waals surface area contributed by atoms with E-state index in [1.165, 1.54) is 11.0 Å². The first-order chi connectivity index (χ1) is 12.1. The summed E-state index contributed by atoms with van der Waals surface area (Å²) in [6.07, 6.45) is -9.02. The quantitative estimate of drug-likeness (QED) is 0.577. The van der Waals surface area contributed by atoms with Gasteiger partial charge in [0.2, 0.25) is 5.91 Å². The molecule has 1 fully saturated rings. The first-order valence-electron chi connectivity index (χ1n) is 7.91. The van der Waals surface area contributed by atoms with Gasteiger partial charge in [-0.15, -0.1) is 0 Å². The molecular weight excluding hydrogens is 366 g/mol. The predicted molar refractivity (Wildman–Crippen MR) is 81.7 cm³/mol. The Morgan fingerprint density at radius 2 is 1.69 bits per heavy atom. The number of carbonyl (C=O) groups excluding carboxylic acids is 1. The lowest BCUT2D eigenvalue weighted by Crippen LogP contribution is -2.49. The second kappa shape index (κ2) is 8.15. The molecule has 1 heterocycles. The summed E-state index contributed by atoms with van der Waals surface area (Å²) in [5.74, 6) is -0.337. The van der Waals surface area contributed by atoms with Crippen molar-refractivity contribution in [1.29, 1.82) is 0 Å². The summed E-state index contributed by atoms with van der Waals surface area (Å²) in [5, 5.41) is 0. The summed E-state index contributed by atoms with van der Waals surface area (Å²) in [5.41, 5.74) is -0.323. The number of benzene rings is 1. The molecule has 0 aliphatic carbocycles. The van der Waals surface area contributed by atoms with Crippen molar-refractivity contribution in [2.75, 3.05) is 44.3 Å². The Kier molecular flexibility index (Phi) is 6.38. The highest BCUT2D eigenvalue weighted by atomic mass is 19.4. The molecule has 4 nitrogen and oxygen atoms in total. The maximum atomic E-state index is 12.8. The van der Waals surface area contributed by atoms with Crippen LogP contribution in [0.5, 0.6) is 0 Å². The van der Waals surface area contributed by atoms with Crippen molar-refractivity contribution in [3.05, 3.63) is 29.8 Å². The Labute approximate surface area is 146 Å². The number of alkyl halides is 6. The number of hydrogen-bond donors (Lipinski definition) is 0. The van der Waals surface area contributed by atoms with Gasteiger partial charge in [-0.3, -0.25) is 4.79 Å². The molecule has 0 atom stereocenters. The van der Waals surface area contributed by atoms with E-state index in [0.717, 1.165) is 12.1 Å². The number of anilines is 1. The van der Waals surface area contributed by atoms with Gasteiger partial charge in [0.1, 0.15) is 6.61 Å². The fourth-order valence-electron chi connectivity index (χ4n) is 2.60. The number of hydrogen-bond acceptors (Lipinski definition) is 3. The van der Waals surface area contributed by atoms with Crippen LogP contribution < -0.4 is 4.90 Å². The van der Waals surface area contributed by atoms with Crippen molar-refractivity contribution < 1.29 is 35.9 Å². The van der Waals surface area contributed by atoms with Gasteiger partial charge in [-0.25, -0.2) is 0 Å². The standard InChI is InChI=1S/C16H18F6N2O2/c17-15(18,19)11-26-9-4-14(25)24-7-5-23(6-8-24)13-3-1-2-12(10-13)16(20,21)22/h1-3,10H,4-9,11H2. The molecule has 1 amide bonds. The molecule has 10 heteroatoms. The van der Waals surface area contributed by atoms with E-state index in [1.54, 1.807) is 11.0 Å². The number of amides is 1. The molecule has 1 aliphatic heterocycles. The Bertz CT molecular complexity index is 609. The third-order valence-corrected chi connectivity index (χ3v) is 3.90. The number of halogens is 6. The molecule has 1 aromatic carbocycles. The van der Waals surface area contributed by atoms with E-state index >= 15 is 0 Å². The lowest BCUT2D eigenvalue weighted by molar-refractivity contribution is -0.175. The van der Waals surface area contributed by atoms with Gasteiger partial charge in [0.05, 0.1) is 18.6 Å². The Morgan fingerprint density at radius 3 is 2.27 bits per heavy atom. The number of piperazine rings is 1. The van der Waals surface area contributed by atoms with Crippen molar-refractivity contribution in [3.8, 4) is 0 Å². The Balaban J connectivity index is 1.81. The van der Waals surface area contributed by atoms with Crippen molar-refractivity contribution in [2.45, 2.75) is 18.8 Å². The number of ether oxygens (including phenoxy) is 1. The van der Waals surface area contributed by atoms with Gasteiger partial charge >= 0.3 is 12.4 Å². The molecule has 0 N–H and O–H groups in total. The summed E-state index contributed by atoms with van der Waals surface area (Å²) < 4.78 is 78.6. The number of carbonyl (C=O) groups is 1. The lowest BCUT2D eigenvalue weighted by atomic mass is 10.1. The predicted octanol–water partition coefficient (Wildman–Crippen LogP) is 3.32. The molecule has 26 heavy (non-hydrogen) atoms. The van der Waals surface area contributed by atoms with E-state index < -0.39 is 24.5 Å². The molecule has 0 radical (unpaired) electrons. The van der Waals surface area contributed by atoms with Crippen LogP contribution in [0.2, 0.25) is 0 Å². The van der Waals surface area contributed by atoms with Crippen LogP contribution in [0.1, 0.15) is 12.0 Å². The second-order valence-electron chi connectivity index (χ2n) is 5.83. The van der Waals surface area contributed by atoms with E-state index in [4.69, 9.17) is 0 Å². The van der Waals surface area contributed by atoms with Crippen LogP contribution >= 0.6 is 0 Å². The van der Waals surface area contributed by atoms with Gasteiger partial charge in [-0.1, -0.05) is 6.07 Å². The molecule has 1 aliphatic rings.